The van der Waals surface area contributed by atoms with E-state index in [1.54, 1.807) is 23.7 Å². The van der Waals surface area contributed by atoms with Gasteiger partial charge < -0.3 is 15.2 Å². The zero-order valence-electron chi connectivity index (χ0n) is 20.2. The van der Waals surface area contributed by atoms with Crippen molar-refractivity contribution in [2.24, 2.45) is 7.05 Å². The van der Waals surface area contributed by atoms with Crippen molar-refractivity contribution in [3.05, 3.63) is 97.0 Å². The molecular formula is C27H18Br2N6O4. The second-order valence-electron chi connectivity index (χ2n) is 8.55. The number of benzene rings is 3. The molecule has 0 bridgehead atoms. The Morgan fingerprint density at radius 3 is 2.54 bits per heavy atom. The summed E-state index contributed by atoms with van der Waals surface area (Å²) >= 11 is 7.09. The number of rotatable bonds is 6. The van der Waals surface area contributed by atoms with Gasteiger partial charge in [0.05, 0.1) is 34.9 Å². The summed E-state index contributed by atoms with van der Waals surface area (Å²) in [4.78, 5) is 40.3. The van der Waals surface area contributed by atoms with Crippen LogP contribution < -0.4 is 16.4 Å². The van der Waals surface area contributed by atoms with E-state index >= 15 is 0 Å². The van der Waals surface area contributed by atoms with Crippen LogP contribution in [0.4, 0.5) is 11.4 Å². The van der Waals surface area contributed by atoms with Crippen molar-refractivity contribution in [3.8, 4) is 17.5 Å². The highest BCUT2D eigenvalue weighted by Crippen LogP contribution is 2.39. The summed E-state index contributed by atoms with van der Waals surface area (Å²) in [6.07, 6.45) is 0.189. The lowest BCUT2D eigenvalue weighted by atomic mass is 10.1. The number of fused-ring (bicyclic) bond motifs is 1. The van der Waals surface area contributed by atoms with E-state index in [0.717, 1.165) is 10.0 Å². The fourth-order valence-corrected chi connectivity index (χ4v) is 5.57. The number of aryl methyl sites for hydroxylation is 1. The fourth-order valence-electron chi connectivity index (χ4n) is 4.21. The summed E-state index contributed by atoms with van der Waals surface area (Å²) in [5, 5.41) is 19.5. The van der Waals surface area contributed by atoms with Gasteiger partial charge in [-0.3, -0.25) is 19.1 Å². The maximum atomic E-state index is 13.5. The minimum atomic E-state index is -0.768. The van der Waals surface area contributed by atoms with Crippen LogP contribution in [0.2, 0.25) is 0 Å². The van der Waals surface area contributed by atoms with E-state index in [1.807, 2.05) is 42.5 Å². The van der Waals surface area contributed by atoms with Gasteiger partial charge in [-0.05, 0) is 51.8 Å². The first kappa shape index (κ1) is 26.1. The van der Waals surface area contributed by atoms with Crippen molar-refractivity contribution in [3.63, 3.8) is 0 Å². The predicted octanol–water partition coefficient (Wildman–Crippen LogP) is 5.35. The Hall–Kier alpha value is -4.47. The van der Waals surface area contributed by atoms with E-state index in [4.69, 9.17) is 0 Å². The van der Waals surface area contributed by atoms with Gasteiger partial charge in [0.2, 0.25) is 5.91 Å². The Bertz CT molecular complexity index is 1850. The number of nitriles is 1. The number of nitrogens with one attached hydrogen (secondary N) is 3. The molecule has 5 rings (SSSR count). The number of amides is 2. The average molecular weight is 650 g/mol. The molecule has 0 radical (unpaired) electrons. The standard InChI is InChI=1S/C27H18Br2N6O4/c1-35-21(26(37)31-20-8-7-15(13-30)9-17(20)25-33-27(38)39-34-25)11-16-18(28)12-19(29)23(24(16)35)32-22(36)10-14-5-3-2-4-6-14/h2-9,11-12H,10H2,1H3,(H,31,37)(H,32,36)(H,33,34,38). The van der Waals surface area contributed by atoms with Crippen LogP contribution in [0.25, 0.3) is 22.3 Å². The minimum absolute atomic E-state index is 0.0690. The summed E-state index contributed by atoms with van der Waals surface area (Å²) < 4.78 is 7.64. The largest absolute Gasteiger partial charge is 0.439 e. The quantitative estimate of drug-likeness (QED) is 0.226. The van der Waals surface area contributed by atoms with Crippen molar-refractivity contribution in [1.29, 1.82) is 5.26 Å². The molecule has 2 heterocycles. The second kappa shape index (κ2) is 10.7. The molecule has 0 unspecified atom stereocenters. The smallest absolute Gasteiger partial charge is 0.338 e. The van der Waals surface area contributed by atoms with Crippen molar-refractivity contribution in [2.45, 2.75) is 6.42 Å². The van der Waals surface area contributed by atoms with Crippen molar-refractivity contribution in [1.82, 2.24) is 14.7 Å². The first-order chi connectivity index (χ1) is 18.7. The molecule has 5 aromatic rings. The Morgan fingerprint density at radius 1 is 1.08 bits per heavy atom. The molecule has 0 saturated heterocycles. The number of aromatic amines is 1. The van der Waals surface area contributed by atoms with Gasteiger partial charge in [-0.25, -0.2) is 4.79 Å². The molecule has 0 aliphatic carbocycles. The van der Waals surface area contributed by atoms with Crippen LogP contribution in [0.5, 0.6) is 0 Å². The number of halogens is 2. The number of H-pyrrole nitrogens is 1. The molecule has 0 aliphatic rings. The van der Waals surface area contributed by atoms with Gasteiger partial charge in [-0.2, -0.15) is 5.26 Å². The molecule has 10 nitrogen and oxygen atoms in total. The summed E-state index contributed by atoms with van der Waals surface area (Å²) in [6, 6.07) is 19.5. The van der Waals surface area contributed by atoms with Gasteiger partial charge in [0.25, 0.3) is 5.91 Å². The molecule has 194 valence electrons. The molecule has 2 aromatic heterocycles. The van der Waals surface area contributed by atoms with Crippen molar-refractivity contribution >= 4 is 66.0 Å². The lowest BCUT2D eigenvalue weighted by Crippen LogP contribution is -2.18. The van der Waals surface area contributed by atoms with E-state index in [1.165, 1.54) is 12.1 Å². The first-order valence-corrected chi connectivity index (χ1v) is 13.1. The SMILES string of the molecule is Cn1c(C(=O)Nc2ccc(C#N)cc2-c2noc(=O)[nH]2)cc2c(Br)cc(Br)c(NC(=O)Cc3ccccc3)c21. The van der Waals surface area contributed by atoms with Gasteiger partial charge in [-0.1, -0.05) is 51.4 Å². The molecular weight excluding hydrogens is 632 g/mol. The number of anilines is 2. The molecule has 3 N–H and O–H groups in total. The van der Waals surface area contributed by atoms with E-state index < -0.39 is 11.7 Å². The predicted molar refractivity (Wildman–Crippen MR) is 152 cm³/mol. The number of carbonyl (C=O) groups is 2. The lowest BCUT2D eigenvalue weighted by molar-refractivity contribution is -0.115. The summed E-state index contributed by atoms with van der Waals surface area (Å²) in [6.45, 7) is 0. The van der Waals surface area contributed by atoms with Crippen LogP contribution in [0.15, 0.2) is 78.9 Å². The highest BCUT2D eigenvalue weighted by molar-refractivity contribution is 9.11. The molecule has 0 fully saturated rings. The van der Waals surface area contributed by atoms with Crippen molar-refractivity contribution < 1.29 is 14.1 Å². The van der Waals surface area contributed by atoms with Gasteiger partial charge in [0, 0.05) is 26.9 Å². The zero-order valence-corrected chi connectivity index (χ0v) is 23.4. The molecule has 12 heteroatoms. The Kier molecular flexibility index (Phi) is 7.19. The van der Waals surface area contributed by atoms with Crippen molar-refractivity contribution in [2.75, 3.05) is 10.6 Å². The number of aromatic nitrogens is 3. The van der Waals surface area contributed by atoms with E-state index in [0.29, 0.717) is 43.6 Å². The first-order valence-electron chi connectivity index (χ1n) is 11.5. The van der Waals surface area contributed by atoms with E-state index in [-0.39, 0.29) is 18.2 Å². The highest BCUT2D eigenvalue weighted by atomic mass is 79.9. The Morgan fingerprint density at radius 2 is 1.85 bits per heavy atom. The highest BCUT2D eigenvalue weighted by Gasteiger charge is 2.22. The van der Waals surface area contributed by atoms with Crippen LogP contribution >= 0.6 is 31.9 Å². The second-order valence-corrected chi connectivity index (χ2v) is 10.3. The third-order valence-electron chi connectivity index (χ3n) is 6.02. The number of hydrogen-bond donors (Lipinski definition) is 3. The molecule has 0 saturated carbocycles. The van der Waals surface area contributed by atoms with E-state index in [9.17, 15) is 19.6 Å². The van der Waals surface area contributed by atoms with Crippen LogP contribution in [0.1, 0.15) is 21.6 Å². The molecule has 0 spiro atoms. The molecule has 39 heavy (non-hydrogen) atoms. The normalized spacial score (nSPS) is 10.8. The molecule has 0 atom stereocenters. The topological polar surface area (TPSA) is 146 Å². The Labute approximate surface area is 237 Å². The molecule has 2 amide bonds. The van der Waals surface area contributed by atoms with E-state index in [2.05, 4.69) is 57.2 Å². The summed E-state index contributed by atoms with van der Waals surface area (Å²) in [7, 11) is 1.72. The van der Waals surface area contributed by atoms with Crippen LogP contribution in [0.3, 0.4) is 0 Å². The van der Waals surface area contributed by atoms with Gasteiger partial charge in [0.15, 0.2) is 5.82 Å². The lowest BCUT2D eigenvalue weighted by Gasteiger charge is -2.13. The number of carbonyl (C=O) groups excluding carboxylic acids is 2. The third-order valence-corrected chi connectivity index (χ3v) is 7.30. The number of nitrogens with zero attached hydrogens (tertiary/aromatic N) is 3. The van der Waals surface area contributed by atoms with Gasteiger partial charge >= 0.3 is 5.76 Å². The maximum Gasteiger partial charge on any atom is 0.439 e. The van der Waals surface area contributed by atoms with Crippen LogP contribution in [0, 0.1) is 11.3 Å². The summed E-state index contributed by atoms with van der Waals surface area (Å²) in [5.41, 5.74) is 3.25. The number of hydrogen-bond acceptors (Lipinski definition) is 6. The zero-order chi connectivity index (χ0) is 27.7. The van der Waals surface area contributed by atoms with Gasteiger partial charge in [-0.15, -0.1) is 0 Å². The molecule has 0 aliphatic heterocycles. The molecule has 3 aromatic carbocycles. The average Bonchev–Trinajstić information content (AvgIpc) is 3.51. The van der Waals surface area contributed by atoms with Crippen LogP contribution in [-0.4, -0.2) is 26.5 Å². The maximum absolute atomic E-state index is 13.5. The summed E-state index contributed by atoms with van der Waals surface area (Å²) in [5.74, 6) is -1.37. The van der Waals surface area contributed by atoms with Crippen LogP contribution in [-0.2, 0) is 18.3 Å². The van der Waals surface area contributed by atoms with Gasteiger partial charge in [0.1, 0.15) is 5.69 Å². The third kappa shape index (κ3) is 5.27. The fraction of sp³-hybridized carbons (Fsp3) is 0.0741. The Balaban J connectivity index is 1.51. The minimum Gasteiger partial charge on any atom is -0.338 e. The monoisotopic (exact) mass is 648 g/mol.